The molecule has 2 aromatic carbocycles. The van der Waals surface area contributed by atoms with Crippen LogP contribution in [-0.4, -0.2) is 18.8 Å². The fourth-order valence-electron chi connectivity index (χ4n) is 2.27. The molecule has 25 heavy (non-hydrogen) atoms. The predicted molar refractivity (Wildman–Crippen MR) is 103 cm³/mol. The molecule has 0 saturated carbocycles. The summed E-state index contributed by atoms with van der Waals surface area (Å²) < 4.78 is 6.08. The summed E-state index contributed by atoms with van der Waals surface area (Å²) >= 11 is 3.34. The molecule has 0 aliphatic carbocycles. The van der Waals surface area contributed by atoms with Gasteiger partial charge in [0.05, 0.1) is 18.5 Å². The van der Waals surface area contributed by atoms with Crippen LogP contribution in [0.15, 0.2) is 53.5 Å². The average Bonchev–Trinajstić information content (AvgIpc) is 2.60. The molecule has 1 amide bonds. The molecule has 0 bridgehead atoms. The van der Waals surface area contributed by atoms with E-state index in [1.807, 2.05) is 0 Å². The van der Waals surface area contributed by atoms with E-state index >= 15 is 0 Å². The van der Waals surface area contributed by atoms with Gasteiger partial charge < -0.3 is 15.8 Å². The van der Waals surface area contributed by atoms with Crippen molar-refractivity contribution >= 4 is 39.0 Å². The first-order chi connectivity index (χ1) is 12.0. The quantitative estimate of drug-likeness (QED) is 0.413. The number of methoxy groups -OCH3 is 1. The molecule has 0 aliphatic heterocycles. The smallest absolute Gasteiger partial charge is 0.224 e. The first kappa shape index (κ1) is 18.7. The summed E-state index contributed by atoms with van der Waals surface area (Å²) in [5.74, 6) is -0.0660. The number of nitrogens with two attached hydrogens (primary N) is 1. The lowest BCUT2D eigenvalue weighted by atomic mass is 10.0. The molecule has 0 radical (unpaired) electrons. The maximum absolute atomic E-state index is 12.9. The molecule has 0 aromatic heterocycles. The predicted octanol–water partition coefficient (Wildman–Crippen LogP) is 4.18. The van der Waals surface area contributed by atoms with Crippen molar-refractivity contribution in [3.8, 4) is 5.75 Å². The van der Waals surface area contributed by atoms with Crippen LogP contribution in [0.1, 0.15) is 28.8 Å². The molecule has 6 heteroatoms. The van der Waals surface area contributed by atoms with E-state index in [9.17, 15) is 9.59 Å². The molecule has 130 valence electrons. The largest absolute Gasteiger partial charge is 0.495 e. The molecule has 0 unspecified atom stereocenters. The maximum Gasteiger partial charge on any atom is 0.224 e. The molecule has 0 fully saturated rings. The minimum atomic E-state index is -0.232. The van der Waals surface area contributed by atoms with Gasteiger partial charge in [-0.15, -0.1) is 6.58 Å². The Morgan fingerprint density at radius 2 is 1.96 bits per heavy atom. The summed E-state index contributed by atoms with van der Waals surface area (Å²) in [5.41, 5.74) is 7.44. The topological polar surface area (TPSA) is 81.4 Å². The van der Waals surface area contributed by atoms with Crippen LogP contribution in [-0.2, 0) is 4.79 Å². The lowest BCUT2D eigenvalue weighted by Gasteiger charge is -2.14. The number of rotatable bonds is 7. The Balaban J connectivity index is 2.42. The fraction of sp³-hybridized carbons (Fsp3) is 0.158. The summed E-state index contributed by atoms with van der Waals surface area (Å²) in [5, 5.41) is 2.75. The van der Waals surface area contributed by atoms with Gasteiger partial charge in [-0.2, -0.15) is 0 Å². The number of hydrogen-bond donors (Lipinski definition) is 2. The third kappa shape index (κ3) is 4.70. The van der Waals surface area contributed by atoms with Gasteiger partial charge in [0.1, 0.15) is 5.75 Å². The highest BCUT2D eigenvalue weighted by atomic mass is 79.9. The van der Waals surface area contributed by atoms with Crippen molar-refractivity contribution in [2.24, 2.45) is 0 Å². The number of ketones is 1. The first-order valence-electron chi connectivity index (χ1n) is 7.64. The number of amides is 1. The highest BCUT2D eigenvalue weighted by Gasteiger charge is 2.18. The van der Waals surface area contributed by atoms with E-state index in [-0.39, 0.29) is 18.1 Å². The number of carbonyl (C=O) groups excluding carboxylic acids is 2. The van der Waals surface area contributed by atoms with E-state index < -0.39 is 0 Å². The molecule has 0 heterocycles. The van der Waals surface area contributed by atoms with Crippen LogP contribution in [0.3, 0.4) is 0 Å². The van der Waals surface area contributed by atoms with Crippen LogP contribution < -0.4 is 15.8 Å². The minimum absolute atomic E-state index is 0.214. The highest BCUT2D eigenvalue weighted by molar-refractivity contribution is 9.10. The normalized spacial score (nSPS) is 10.2. The van der Waals surface area contributed by atoms with Gasteiger partial charge in [0.15, 0.2) is 5.78 Å². The SMILES string of the molecule is C=CCCC(=O)Nc1cc(N)c(OC)cc1C(=O)c1ccc(Br)cc1. The zero-order valence-electron chi connectivity index (χ0n) is 13.8. The van der Waals surface area contributed by atoms with Crippen molar-refractivity contribution in [2.45, 2.75) is 12.8 Å². The second-order valence-electron chi connectivity index (χ2n) is 5.35. The summed E-state index contributed by atoms with van der Waals surface area (Å²) in [7, 11) is 1.47. The van der Waals surface area contributed by atoms with Gasteiger partial charge in [-0.3, -0.25) is 9.59 Å². The van der Waals surface area contributed by atoms with Crippen molar-refractivity contribution in [2.75, 3.05) is 18.2 Å². The molecular weight excluding hydrogens is 384 g/mol. The van der Waals surface area contributed by atoms with Crippen LogP contribution >= 0.6 is 15.9 Å². The average molecular weight is 403 g/mol. The van der Waals surface area contributed by atoms with Crippen molar-refractivity contribution < 1.29 is 14.3 Å². The Morgan fingerprint density at radius 3 is 2.56 bits per heavy atom. The molecule has 3 N–H and O–H groups in total. The van der Waals surface area contributed by atoms with Gasteiger partial charge in [0.25, 0.3) is 0 Å². The van der Waals surface area contributed by atoms with Gasteiger partial charge in [0.2, 0.25) is 5.91 Å². The number of ether oxygens (including phenoxy) is 1. The number of halogens is 1. The number of nitrogens with one attached hydrogen (secondary N) is 1. The number of benzene rings is 2. The zero-order chi connectivity index (χ0) is 18.4. The van der Waals surface area contributed by atoms with Gasteiger partial charge in [-0.05, 0) is 42.8 Å². The maximum atomic E-state index is 12.9. The van der Waals surface area contributed by atoms with Gasteiger partial charge in [0, 0.05) is 22.0 Å². The first-order valence-corrected chi connectivity index (χ1v) is 8.44. The summed E-state index contributed by atoms with van der Waals surface area (Å²) in [6, 6.07) is 10.1. The molecule has 2 aromatic rings. The number of nitrogen functional groups attached to an aromatic ring is 1. The Kier molecular flexibility index (Phi) is 6.36. The lowest BCUT2D eigenvalue weighted by Crippen LogP contribution is -2.15. The number of carbonyl (C=O) groups is 2. The molecule has 0 atom stereocenters. The van der Waals surface area contributed by atoms with Crippen molar-refractivity contribution in [3.63, 3.8) is 0 Å². The Labute approximate surface area is 155 Å². The Bertz CT molecular complexity index is 801. The van der Waals surface area contributed by atoms with E-state index in [0.29, 0.717) is 34.7 Å². The van der Waals surface area contributed by atoms with Crippen LogP contribution in [0, 0.1) is 0 Å². The molecule has 2 rings (SSSR count). The summed E-state index contributed by atoms with van der Waals surface area (Å²) in [6.07, 6.45) is 2.49. The van der Waals surface area contributed by atoms with Gasteiger partial charge in [-0.1, -0.05) is 22.0 Å². The number of allylic oxidation sites excluding steroid dienone is 1. The fourth-order valence-corrected chi connectivity index (χ4v) is 2.53. The lowest BCUT2D eigenvalue weighted by molar-refractivity contribution is -0.116. The van der Waals surface area contributed by atoms with Crippen LogP contribution in [0.5, 0.6) is 5.75 Å². The van der Waals surface area contributed by atoms with E-state index in [0.717, 1.165) is 4.47 Å². The molecular formula is C19H19BrN2O3. The number of hydrogen-bond acceptors (Lipinski definition) is 4. The highest BCUT2D eigenvalue weighted by Crippen LogP contribution is 2.31. The molecule has 0 spiro atoms. The van der Waals surface area contributed by atoms with Crippen LogP contribution in [0.4, 0.5) is 11.4 Å². The molecule has 0 saturated heterocycles. The van der Waals surface area contributed by atoms with Gasteiger partial charge in [-0.25, -0.2) is 0 Å². The van der Waals surface area contributed by atoms with Crippen molar-refractivity contribution in [1.29, 1.82) is 0 Å². The Hall–Kier alpha value is -2.60. The van der Waals surface area contributed by atoms with E-state index in [4.69, 9.17) is 10.5 Å². The molecule has 5 nitrogen and oxygen atoms in total. The second kappa shape index (κ2) is 8.48. The van der Waals surface area contributed by atoms with Crippen LogP contribution in [0.2, 0.25) is 0 Å². The van der Waals surface area contributed by atoms with Crippen molar-refractivity contribution in [1.82, 2.24) is 0 Å². The molecule has 0 aliphatic rings. The minimum Gasteiger partial charge on any atom is -0.495 e. The van der Waals surface area contributed by atoms with Crippen LogP contribution in [0.25, 0.3) is 0 Å². The monoisotopic (exact) mass is 402 g/mol. The second-order valence-corrected chi connectivity index (χ2v) is 6.27. The van der Waals surface area contributed by atoms with E-state index in [1.54, 1.807) is 36.4 Å². The third-order valence-electron chi connectivity index (χ3n) is 3.57. The van der Waals surface area contributed by atoms with E-state index in [2.05, 4.69) is 27.8 Å². The Morgan fingerprint density at radius 1 is 1.28 bits per heavy atom. The number of anilines is 2. The zero-order valence-corrected chi connectivity index (χ0v) is 15.4. The third-order valence-corrected chi connectivity index (χ3v) is 4.10. The van der Waals surface area contributed by atoms with Crippen molar-refractivity contribution in [3.05, 3.63) is 64.7 Å². The summed E-state index contributed by atoms with van der Waals surface area (Å²) in [4.78, 5) is 24.9. The van der Waals surface area contributed by atoms with E-state index in [1.165, 1.54) is 13.2 Å². The summed E-state index contributed by atoms with van der Waals surface area (Å²) in [6.45, 7) is 3.59. The standard InChI is InChI=1S/C19H19BrN2O3/c1-3-4-5-18(23)22-16-11-15(21)17(25-2)10-14(16)19(24)12-6-8-13(20)9-7-12/h3,6-11H,1,4-5,21H2,2H3,(H,22,23). The van der Waals surface area contributed by atoms with Gasteiger partial charge >= 0.3 is 0 Å².